The van der Waals surface area contributed by atoms with Gasteiger partial charge in [-0.1, -0.05) is 13.8 Å². The SMILES string of the molecule is CCC(CC)N(CCO)c1ccc(C(=O)OC)cc1N. The molecule has 0 bridgehead atoms. The molecule has 0 aromatic heterocycles. The zero-order valence-electron chi connectivity index (χ0n) is 12.4. The van der Waals surface area contributed by atoms with Crippen LogP contribution in [-0.4, -0.2) is 37.4 Å². The van der Waals surface area contributed by atoms with Crippen LogP contribution in [0, 0.1) is 0 Å². The van der Waals surface area contributed by atoms with E-state index in [1.54, 1.807) is 12.1 Å². The molecule has 0 saturated heterocycles. The van der Waals surface area contributed by atoms with Gasteiger partial charge < -0.3 is 20.5 Å². The molecule has 0 atom stereocenters. The maximum Gasteiger partial charge on any atom is 0.337 e. The highest BCUT2D eigenvalue weighted by atomic mass is 16.5. The van der Waals surface area contributed by atoms with E-state index in [1.807, 2.05) is 6.07 Å². The van der Waals surface area contributed by atoms with Crippen LogP contribution in [0.1, 0.15) is 37.0 Å². The Morgan fingerprint density at radius 1 is 1.40 bits per heavy atom. The van der Waals surface area contributed by atoms with Crippen LogP contribution in [0.25, 0.3) is 0 Å². The number of aliphatic hydroxyl groups excluding tert-OH is 1. The molecule has 0 unspecified atom stereocenters. The molecule has 20 heavy (non-hydrogen) atoms. The third-order valence-electron chi connectivity index (χ3n) is 3.48. The molecule has 3 N–H and O–H groups in total. The monoisotopic (exact) mass is 280 g/mol. The van der Waals surface area contributed by atoms with Crippen molar-refractivity contribution in [1.29, 1.82) is 0 Å². The molecule has 112 valence electrons. The Morgan fingerprint density at radius 3 is 2.50 bits per heavy atom. The minimum absolute atomic E-state index is 0.0642. The van der Waals surface area contributed by atoms with Gasteiger partial charge in [0.05, 0.1) is 30.7 Å². The number of methoxy groups -OCH3 is 1. The number of hydrogen-bond acceptors (Lipinski definition) is 5. The van der Waals surface area contributed by atoms with Gasteiger partial charge in [-0.3, -0.25) is 0 Å². The lowest BCUT2D eigenvalue weighted by Gasteiger charge is -2.33. The summed E-state index contributed by atoms with van der Waals surface area (Å²) in [5.41, 5.74) is 7.86. The van der Waals surface area contributed by atoms with Crippen molar-refractivity contribution in [3.63, 3.8) is 0 Å². The van der Waals surface area contributed by atoms with E-state index in [9.17, 15) is 9.90 Å². The first-order valence-electron chi connectivity index (χ1n) is 6.94. The fourth-order valence-electron chi connectivity index (χ4n) is 2.40. The molecule has 0 spiro atoms. The third kappa shape index (κ3) is 3.63. The molecule has 0 aliphatic carbocycles. The van der Waals surface area contributed by atoms with Crippen LogP contribution >= 0.6 is 0 Å². The second-order valence-corrected chi connectivity index (χ2v) is 4.65. The summed E-state index contributed by atoms with van der Waals surface area (Å²) in [5.74, 6) is -0.403. The summed E-state index contributed by atoms with van der Waals surface area (Å²) in [6, 6.07) is 5.45. The Hall–Kier alpha value is -1.75. The van der Waals surface area contributed by atoms with Gasteiger partial charge in [0.2, 0.25) is 0 Å². The van der Waals surface area contributed by atoms with Crippen molar-refractivity contribution in [3.8, 4) is 0 Å². The van der Waals surface area contributed by atoms with Crippen molar-refractivity contribution < 1.29 is 14.6 Å². The maximum atomic E-state index is 11.5. The zero-order valence-corrected chi connectivity index (χ0v) is 12.4. The van der Waals surface area contributed by atoms with E-state index in [1.165, 1.54) is 7.11 Å². The lowest BCUT2D eigenvalue weighted by Crippen LogP contribution is -2.37. The summed E-state index contributed by atoms with van der Waals surface area (Å²) in [5, 5.41) is 9.25. The van der Waals surface area contributed by atoms with Gasteiger partial charge in [-0.2, -0.15) is 0 Å². The van der Waals surface area contributed by atoms with Crippen LogP contribution in [-0.2, 0) is 4.74 Å². The lowest BCUT2D eigenvalue weighted by atomic mass is 10.1. The van der Waals surface area contributed by atoms with Crippen LogP contribution < -0.4 is 10.6 Å². The molecule has 1 aromatic carbocycles. The van der Waals surface area contributed by atoms with E-state index >= 15 is 0 Å². The summed E-state index contributed by atoms with van der Waals surface area (Å²) in [6.45, 7) is 4.80. The Bertz CT molecular complexity index is 445. The van der Waals surface area contributed by atoms with Gasteiger partial charge in [0.15, 0.2) is 0 Å². The van der Waals surface area contributed by atoms with Crippen LogP contribution in [0.15, 0.2) is 18.2 Å². The van der Waals surface area contributed by atoms with Gasteiger partial charge in [-0.05, 0) is 31.0 Å². The van der Waals surface area contributed by atoms with Crippen LogP contribution in [0.5, 0.6) is 0 Å². The average Bonchev–Trinajstić information content (AvgIpc) is 2.46. The van der Waals surface area contributed by atoms with Crippen LogP contribution in [0.2, 0.25) is 0 Å². The molecule has 5 heteroatoms. The predicted octanol–water partition coefficient (Wildman–Crippen LogP) is 2.04. The first-order valence-corrected chi connectivity index (χ1v) is 6.94. The number of nitrogens with zero attached hydrogens (tertiary/aromatic N) is 1. The standard InChI is InChI=1S/C15H24N2O3/c1-4-12(5-2)17(8-9-18)14-7-6-11(10-13(14)16)15(19)20-3/h6-7,10,12,18H,4-5,8-9,16H2,1-3H3. The zero-order chi connectivity index (χ0) is 15.1. The van der Waals surface area contributed by atoms with Crippen molar-refractivity contribution in [1.82, 2.24) is 0 Å². The molecule has 1 rings (SSSR count). The highest BCUT2D eigenvalue weighted by Gasteiger charge is 2.18. The number of esters is 1. The molecular formula is C15H24N2O3. The number of carbonyl (C=O) groups is 1. The number of hydrogen-bond donors (Lipinski definition) is 2. The molecule has 0 radical (unpaired) electrons. The largest absolute Gasteiger partial charge is 0.465 e. The minimum atomic E-state index is -0.403. The second kappa shape index (κ2) is 7.75. The van der Waals surface area contributed by atoms with Crippen molar-refractivity contribution in [2.45, 2.75) is 32.7 Å². The van der Waals surface area contributed by atoms with E-state index in [4.69, 9.17) is 5.73 Å². The molecule has 0 heterocycles. The first kappa shape index (κ1) is 16.3. The molecular weight excluding hydrogens is 256 g/mol. The Balaban J connectivity index is 3.11. The minimum Gasteiger partial charge on any atom is -0.465 e. The van der Waals surface area contributed by atoms with Gasteiger partial charge in [0, 0.05) is 12.6 Å². The van der Waals surface area contributed by atoms with E-state index in [0.29, 0.717) is 23.8 Å². The fraction of sp³-hybridized carbons (Fsp3) is 0.533. The fourth-order valence-corrected chi connectivity index (χ4v) is 2.40. The molecule has 0 saturated carbocycles. The van der Waals surface area contributed by atoms with E-state index < -0.39 is 5.97 Å². The number of rotatable bonds is 7. The number of nitrogen functional groups attached to an aromatic ring is 1. The number of aliphatic hydroxyl groups is 1. The predicted molar refractivity (Wildman–Crippen MR) is 81.0 cm³/mol. The smallest absolute Gasteiger partial charge is 0.337 e. The molecule has 1 aromatic rings. The Kier molecular flexibility index (Phi) is 6.31. The number of anilines is 2. The van der Waals surface area contributed by atoms with Crippen molar-refractivity contribution in [2.24, 2.45) is 0 Å². The quantitative estimate of drug-likeness (QED) is 0.590. The molecule has 0 aliphatic rings. The van der Waals surface area contributed by atoms with E-state index in [-0.39, 0.29) is 6.61 Å². The number of benzene rings is 1. The number of carbonyl (C=O) groups excluding carboxylic acids is 1. The molecule has 0 fully saturated rings. The summed E-state index contributed by atoms with van der Waals surface area (Å²) in [7, 11) is 1.34. The van der Waals surface area contributed by atoms with Gasteiger partial charge >= 0.3 is 5.97 Å². The summed E-state index contributed by atoms with van der Waals surface area (Å²) in [6.07, 6.45) is 1.93. The lowest BCUT2D eigenvalue weighted by molar-refractivity contribution is 0.0601. The normalized spacial score (nSPS) is 10.7. The van der Waals surface area contributed by atoms with E-state index in [2.05, 4.69) is 23.5 Å². The summed E-state index contributed by atoms with van der Waals surface area (Å²) < 4.78 is 4.68. The molecule has 0 amide bonds. The Labute approximate surface area is 120 Å². The molecule has 0 aliphatic heterocycles. The van der Waals surface area contributed by atoms with Crippen LogP contribution in [0.3, 0.4) is 0 Å². The van der Waals surface area contributed by atoms with Gasteiger partial charge in [-0.15, -0.1) is 0 Å². The number of ether oxygens (including phenoxy) is 1. The topological polar surface area (TPSA) is 75.8 Å². The number of nitrogens with two attached hydrogens (primary N) is 1. The highest BCUT2D eigenvalue weighted by molar-refractivity contribution is 5.92. The third-order valence-corrected chi connectivity index (χ3v) is 3.48. The highest BCUT2D eigenvalue weighted by Crippen LogP contribution is 2.28. The average molecular weight is 280 g/mol. The van der Waals surface area contributed by atoms with Crippen molar-refractivity contribution in [3.05, 3.63) is 23.8 Å². The summed E-state index contributed by atoms with van der Waals surface area (Å²) >= 11 is 0. The van der Waals surface area contributed by atoms with E-state index in [0.717, 1.165) is 18.5 Å². The Morgan fingerprint density at radius 2 is 2.05 bits per heavy atom. The van der Waals surface area contributed by atoms with Gasteiger partial charge in [0.1, 0.15) is 0 Å². The maximum absolute atomic E-state index is 11.5. The second-order valence-electron chi connectivity index (χ2n) is 4.65. The van der Waals surface area contributed by atoms with Gasteiger partial charge in [-0.25, -0.2) is 4.79 Å². The van der Waals surface area contributed by atoms with Crippen molar-refractivity contribution in [2.75, 3.05) is 30.9 Å². The first-order chi connectivity index (χ1) is 9.58. The van der Waals surface area contributed by atoms with Crippen LogP contribution in [0.4, 0.5) is 11.4 Å². The van der Waals surface area contributed by atoms with Crippen molar-refractivity contribution >= 4 is 17.3 Å². The van der Waals surface area contributed by atoms with Gasteiger partial charge in [0.25, 0.3) is 0 Å². The molecule has 5 nitrogen and oxygen atoms in total. The summed E-state index contributed by atoms with van der Waals surface area (Å²) in [4.78, 5) is 13.6.